The van der Waals surface area contributed by atoms with Crippen LogP contribution < -0.4 is 0 Å². The minimum Gasteiger partial charge on any atom is -0.469 e. The van der Waals surface area contributed by atoms with Crippen molar-refractivity contribution in [3.05, 3.63) is 0 Å². The van der Waals surface area contributed by atoms with Crippen LogP contribution in [0, 0.1) is 5.92 Å². The van der Waals surface area contributed by atoms with Crippen LogP contribution in [0.3, 0.4) is 0 Å². The largest absolute Gasteiger partial charge is 0.469 e. The zero-order valence-electron chi connectivity index (χ0n) is 9.02. The monoisotopic (exact) mass is 216 g/mol. The van der Waals surface area contributed by atoms with E-state index in [0.29, 0.717) is 19.6 Å². The van der Waals surface area contributed by atoms with Gasteiger partial charge < -0.3 is 19.0 Å². The fraction of sp³-hybridized carbons (Fsp3) is 0.800. The van der Waals surface area contributed by atoms with Crippen LogP contribution in [0.1, 0.15) is 19.8 Å². The van der Waals surface area contributed by atoms with Crippen LogP contribution in [0.15, 0.2) is 0 Å². The van der Waals surface area contributed by atoms with Gasteiger partial charge in [-0.25, -0.2) is 0 Å². The maximum Gasteiger partial charge on any atom is 0.305 e. The van der Waals surface area contributed by atoms with Gasteiger partial charge in [-0.3, -0.25) is 4.79 Å². The van der Waals surface area contributed by atoms with Gasteiger partial charge in [-0.2, -0.15) is 0 Å². The van der Waals surface area contributed by atoms with Gasteiger partial charge in [0.2, 0.25) is 0 Å². The van der Waals surface area contributed by atoms with Crippen LogP contribution in [0.4, 0.5) is 0 Å². The average Bonchev–Trinajstić information content (AvgIpc) is 2.66. The molecule has 0 aromatic carbocycles. The Balaban J connectivity index is 2.48. The van der Waals surface area contributed by atoms with E-state index in [1.165, 1.54) is 7.11 Å². The summed E-state index contributed by atoms with van der Waals surface area (Å²) in [6.07, 6.45) is 1.35. The topological polar surface area (TPSA) is 61.8 Å². The first-order valence-corrected chi connectivity index (χ1v) is 4.92. The predicted octanol–water partition coefficient (Wildman–Crippen LogP) is 0.518. The summed E-state index contributed by atoms with van der Waals surface area (Å²) in [6, 6.07) is 0. The number of ether oxygens (including phenoxy) is 3. The maximum atomic E-state index is 10.9. The molecule has 0 aromatic heterocycles. The molecule has 0 radical (unpaired) electrons. The highest BCUT2D eigenvalue weighted by Gasteiger charge is 2.39. The molecule has 15 heavy (non-hydrogen) atoms. The lowest BCUT2D eigenvalue weighted by Crippen LogP contribution is -2.37. The number of esters is 1. The van der Waals surface area contributed by atoms with Gasteiger partial charge >= 0.3 is 5.97 Å². The first kappa shape index (κ1) is 12.1. The number of aldehydes is 1. The second-order valence-electron chi connectivity index (χ2n) is 3.57. The fourth-order valence-corrected chi connectivity index (χ4v) is 1.57. The van der Waals surface area contributed by atoms with Gasteiger partial charge in [-0.15, -0.1) is 0 Å². The Morgan fingerprint density at radius 3 is 2.60 bits per heavy atom. The zero-order valence-corrected chi connectivity index (χ0v) is 9.02. The van der Waals surface area contributed by atoms with E-state index >= 15 is 0 Å². The third kappa shape index (κ3) is 3.00. The Morgan fingerprint density at radius 1 is 1.53 bits per heavy atom. The van der Waals surface area contributed by atoms with Gasteiger partial charge in [0, 0.05) is 6.42 Å². The standard InChI is InChI=1S/C10H16O5/c1-10(14-5-6-15-10)8(7-11)3-4-9(12)13-2/h7-8H,3-6H2,1-2H3. The number of hydrogen-bond acceptors (Lipinski definition) is 5. The molecule has 1 unspecified atom stereocenters. The summed E-state index contributed by atoms with van der Waals surface area (Å²) in [5.41, 5.74) is 0. The summed E-state index contributed by atoms with van der Waals surface area (Å²) >= 11 is 0. The maximum absolute atomic E-state index is 10.9. The lowest BCUT2D eigenvalue weighted by Gasteiger charge is -2.27. The summed E-state index contributed by atoms with van der Waals surface area (Å²) in [7, 11) is 1.32. The SMILES string of the molecule is COC(=O)CCC(C=O)C1(C)OCCO1. The van der Waals surface area contributed by atoms with E-state index in [0.717, 1.165) is 6.29 Å². The number of carbonyl (C=O) groups excluding carboxylic acids is 2. The van der Waals surface area contributed by atoms with Crippen molar-refractivity contribution in [2.24, 2.45) is 5.92 Å². The minimum absolute atomic E-state index is 0.197. The highest BCUT2D eigenvalue weighted by atomic mass is 16.7. The van der Waals surface area contributed by atoms with Crippen LogP contribution in [0.2, 0.25) is 0 Å². The fourth-order valence-electron chi connectivity index (χ4n) is 1.57. The van der Waals surface area contributed by atoms with Gasteiger partial charge in [-0.05, 0) is 13.3 Å². The molecule has 0 spiro atoms. The summed E-state index contributed by atoms with van der Waals surface area (Å²) in [5, 5.41) is 0. The van der Waals surface area contributed by atoms with E-state index in [4.69, 9.17) is 9.47 Å². The molecular weight excluding hydrogens is 200 g/mol. The van der Waals surface area contributed by atoms with Crippen molar-refractivity contribution in [3.8, 4) is 0 Å². The molecule has 86 valence electrons. The van der Waals surface area contributed by atoms with Gasteiger partial charge in [-0.1, -0.05) is 0 Å². The molecule has 0 saturated carbocycles. The first-order valence-electron chi connectivity index (χ1n) is 4.92. The Bertz CT molecular complexity index is 232. The Labute approximate surface area is 88.7 Å². The van der Waals surface area contributed by atoms with Gasteiger partial charge in [0.05, 0.1) is 26.2 Å². The van der Waals surface area contributed by atoms with Crippen molar-refractivity contribution >= 4 is 12.3 Å². The molecule has 0 aliphatic carbocycles. The third-order valence-corrected chi connectivity index (χ3v) is 2.59. The van der Waals surface area contributed by atoms with E-state index in [2.05, 4.69) is 4.74 Å². The third-order valence-electron chi connectivity index (χ3n) is 2.59. The lowest BCUT2D eigenvalue weighted by molar-refractivity contribution is -0.182. The summed E-state index contributed by atoms with van der Waals surface area (Å²) in [4.78, 5) is 21.8. The van der Waals surface area contributed by atoms with Gasteiger partial charge in [0.15, 0.2) is 5.79 Å². The molecule has 1 saturated heterocycles. The van der Waals surface area contributed by atoms with Crippen molar-refractivity contribution in [2.45, 2.75) is 25.6 Å². The summed E-state index contributed by atoms with van der Waals surface area (Å²) in [5.74, 6) is -1.64. The molecule has 5 heteroatoms. The van der Waals surface area contributed by atoms with Crippen molar-refractivity contribution in [1.82, 2.24) is 0 Å². The van der Waals surface area contributed by atoms with Crippen molar-refractivity contribution in [2.75, 3.05) is 20.3 Å². The number of carbonyl (C=O) groups is 2. The second-order valence-corrected chi connectivity index (χ2v) is 3.57. The normalized spacial score (nSPS) is 20.9. The summed E-state index contributed by atoms with van der Waals surface area (Å²) < 4.78 is 15.2. The predicted molar refractivity (Wildman–Crippen MR) is 51.1 cm³/mol. The second kappa shape index (κ2) is 5.23. The minimum atomic E-state index is -0.879. The molecule has 1 aliphatic rings. The smallest absolute Gasteiger partial charge is 0.305 e. The molecule has 0 N–H and O–H groups in total. The Kier molecular flexibility index (Phi) is 4.23. The lowest BCUT2D eigenvalue weighted by atomic mass is 9.96. The van der Waals surface area contributed by atoms with Crippen molar-refractivity contribution in [3.63, 3.8) is 0 Å². The van der Waals surface area contributed by atoms with E-state index in [-0.39, 0.29) is 12.4 Å². The molecule has 1 rings (SSSR count). The molecule has 1 heterocycles. The molecule has 0 amide bonds. The molecule has 1 aliphatic heterocycles. The van der Waals surface area contributed by atoms with Crippen LogP contribution in [-0.4, -0.2) is 38.4 Å². The number of hydrogen-bond donors (Lipinski definition) is 0. The highest BCUT2D eigenvalue weighted by Crippen LogP contribution is 2.29. The van der Waals surface area contributed by atoms with E-state index in [9.17, 15) is 9.59 Å². The molecule has 0 bridgehead atoms. The van der Waals surface area contributed by atoms with Gasteiger partial charge in [0.25, 0.3) is 0 Å². The molecule has 1 fully saturated rings. The van der Waals surface area contributed by atoms with Gasteiger partial charge in [0.1, 0.15) is 6.29 Å². The average molecular weight is 216 g/mol. The van der Waals surface area contributed by atoms with E-state index in [1.807, 2.05) is 0 Å². The molecule has 0 aromatic rings. The van der Waals surface area contributed by atoms with E-state index < -0.39 is 11.7 Å². The van der Waals surface area contributed by atoms with Crippen molar-refractivity contribution in [1.29, 1.82) is 0 Å². The number of methoxy groups -OCH3 is 1. The molecule has 5 nitrogen and oxygen atoms in total. The van der Waals surface area contributed by atoms with Crippen LogP contribution >= 0.6 is 0 Å². The van der Waals surface area contributed by atoms with Crippen LogP contribution in [0.25, 0.3) is 0 Å². The highest BCUT2D eigenvalue weighted by molar-refractivity contribution is 5.69. The molecule has 1 atom stereocenters. The van der Waals surface area contributed by atoms with Crippen LogP contribution in [-0.2, 0) is 23.8 Å². The number of rotatable bonds is 5. The quantitative estimate of drug-likeness (QED) is 0.495. The Morgan fingerprint density at radius 2 is 2.13 bits per heavy atom. The summed E-state index contributed by atoms with van der Waals surface area (Å²) in [6.45, 7) is 2.69. The molecular formula is C10H16O5. The van der Waals surface area contributed by atoms with Crippen molar-refractivity contribution < 1.29 is 23.8 Å². The van der Waals surface area contributed by atoms with Crippen LogP contribution in [0.5, 0.6) is 0 Å². The zero-order chi connectivity index (χ0) is 11.3. The Hall–Kier alpha value is -0.940. The first-order chi connectivity index (χ1) is 7.12. The van der Waals surface area contributed by atoms with E-state index in [1.54, 1.807) is 6.92 Å².